The summed E-state index contributed by atoms with van der Waals surface area (Å²) in [6.45, 7) is 2.20. The second-order valence-corrected chi connectivity index (χ2v) is 5.12. The van der Waals surface area contributed by atoms with Crippen LogP contribution in [0.25, 0.3) is 0 Å². The van der Waals surface area contributed by atoms with E-state index in [1.807, 2.05) is 0 Å². The van der Waals surface area contributed by atoms with E-state index >= 15 is 0 Å². The largest absolute Gasteiger partial charge is 0.328 e. The molecule has 0 saturated carbocycles. The van der Waals surface area contributed by atoms with Gasteiger partial charge in [0.15, 0.2) is 0 Å². The molecule has 0 aromatic carbocycles. The summed E-state index contributed by atoms with van der Waals surface area (Å²) >= 11 is 0. The number of hydrogen-bond donors (Lipinski definition) is 2. The normalized spacial score (nSPS) is 16.4. The van der Waals surface area contributed by atoms with Gasteiger partial charge < -0.3 is 0 Å². The summed E-state index contributed by atoms with van der Waals surface area (Å²) in [5.74, 6) is -1.62. The lowest BCUT2D eigenvalue weighted by atomic mass is 9.97. The third-order valence-corrected chi connectivity index (χ3v) is 3.45. The van der Waals surface area contributed by atoms with Gasteiger partial charge in [0.1, 0.15) is 5.92 Å². The number of unbranched alkanes of at least 4 members (excludes halogenated alkanes) is 7. The number of rotatable bonds is 9. The van der Waals surface area contributed by atoms with Crippen molar-refractivity contribution < 1.29 is 14.4 Å². The van der Waals surface area contributed by atoms with Crippen LogP contribution in [-0.4, -0.2) is 17.8 Å². The molecule has 19 heavy (non-hydrogen) atoms. The fourth-order valence-corrected chi connectivity index (χ4v) is 2.29. The van der Waals surface area contributed by atoms with Crippen molar-refractivity contribution >= 4 is 17.8 Å². The molecule has 108 valence electrons. The fourth-order valence-electron chi connectivity index (χ4n) is 2.29. The first-order chi connectivity index (χ1) is 9.15. The van der Waals surface area contributed by atoms with Gasteiger partial charge in [0.25, 0.3) is 0 Å². The monoisotopic (exact) mass is 268 g/mol. The number of hydrogen-bond acceptors (Lipinski definition) is 3. The maximum Gasteiger partial charge on any atom is 0.328 e. The Bertz CT molecular complexity index is 309. The highest BCUT2D eigenvalue weighted by molar-refractivity contribution is 6.16. The molecule has 1 heterocycles. The van der Waals surface area contributed by atoms with Gasteiger partial charge in [-0.05, 0) is 6.42 Å². The first kappa shape index (κ1) is 15.7. The van der Waals surface area contributed by atoms with Crippen molar-refractivity contribution in [3.8, 4) is 0 Å². The lowest BCUT2D eigenvalue weighted by molar-refractivity contribution is -0.136. The van der Waals surface area contributed by atoms with Crippen molar-refractivity contribution in [2.45, 2.75) is 64.7 Å². The van der Waals surface area contributed by atoms with E-state index in [1.165, 1.54) is 32.1 Å². The molecular weight excluding hydrogens is 244 g/mol. The Morgan fingerprint density at radius 2 is 1.26 bits per heavy atom. The molecule has 0 radical (unpaired) electrons. The summed E-state index contributed by atoms with van der Waals surface area (Å²) in [6, 6.07) is -0.706. The fraction of sp³-hybridized carbons (Fsp3) is 0.786. The topological polar surface area (TPSA) is 75.3 Å². The highest BCUT2D eigenvalue weighted by atomic mass is 16.2. The number of barbiturate groups is 1. The van der Waals surface area contributed by atoms with E-state index in [4.69, 9.17) is 0 Å². The van der Waals surface area contributed by atoms with Crippen LogP contribution in [0, 0.1) is 5.92 Å². The lowest BCUT2D eigenvalue weighted by Gasteiger charge is -2.20. The van der Waals surface area contributed by atoms with Crippen molar-refractivity contribution in [1.82, 2.24) is 10.6 Å². The number of amides is 4. The number of imide groups is 2. The third-order valence-electron chi connectivity index (χ3n) is 3.45. The number of carbonyl (C=O) groups is 3. The first-order valence-corrected chi connectivity index (χ1v) is 7.31. The van der Waals surface area contributed by atoms with Gasteiger partial charge in [-0.2, -0.15) is 0 Å². The summed E-state index contributed by atoms with van der Waals surface area (Å²) in [6.07, 6.45) is 9.92. The van der Waals surface area contributed by atoms with Gasteiger partial charge in [-0.3, -0.25) is 20.2 Å². The minimum atomic E-state index is -0.706. The molecule has 0 aromatic heterocycles. The zero-order valence-corrected chi connectivity index (χ0v) is 11.7. The third kappa shape index (κ3) is 5.85. The number of nitrogens with one attached hydrogen (secondary N) is 2. The summed E-state index contributed by atoms with van der Waals surface area (Å²) in [7, 11) is 0. The van der Waals surface area contributed by atoms with Crippen molar-refractivity contribution in [1.29, 1.82) is 0 Å². The molecule has 1 rings (SSSR count). The zero-order valence-electron chi connectivity index (χ0n) is 11.7. The number of urea groups is 1. The van der Waals surface area contributed by atoms with Crippen LogP contribution >= 0.6 is 0 Å². The molecule has 1 aliphatic rings. The van der Waals surface area contributed by atoms with Gasteiger partial charge >= 0.3 is 6.03 Å². The van der Waals surface area contributed by atoms with Crippen molar-refractivity contribution in [2.75, 3.05) is 0 Å². The summed E-state index contributed by atoms with van der Waals surface area (Å²) in [5.41, 5.74) is 0. The molecule has 4 amide bonds. The highest BCUT2D eigenvalue weighted by Gasteiger charge is 2.33. The summed E-state index contributed by atoms with van der Waals surface area (Å²) in [5, 5.41) is 4.25. The van der Waals surface area contributed by atoms with E-state index in [0.29, 0.717) is 6.42 Å². The van der Waals surface area contributed by atoms with Crippen LogP contribution in [0.4, 0.5) is 4.79 Å². The van der Waals surface area contributed by atoms with Gasteiger partial charge in [-0.15, -0.1) is 0 Å². The molecule has 0 atom stereocenters. The van der Waals surface area contributed by atoms with Gasteiger partial charge in [0.2, 0.25) is 11.8 Å². The van der Waals surface area contributed by atoms with Crippen LogP contribution < -0.4 is 10.6 Å². The van der Waals surface area contributed by atoms with Crippen LogP contribution in [0.5, 0.6) is 0 Å². The van der Waals surface area contributed by atoms with Gasteiger partial charge in [-0.25, -0.2) is 4.79 Å². The van der Waals surface area contributed by atoms with Gasteiger partial charge in [-0.1, -0.05) is 58.3 Å². The predicted octanol–water partition coefficient (Wildman–Crippen LogP) is 2.50. The Balaban J connectivity index is 2.07. The van der Waals surface area contributed by atoms with E-state index in [-0.39, 0.29) is 0 Å². The SMILES string of the molecule is CCCCCCCCCCC1C(=O)NC(=O)NC1=O. The minimum absolute atomic E-state index is 0.461. The van der Waals surface area contributed by atoms with Gasteiger partial charge in [0, 0.05) is 0 Å². The summed E-state index contributed by atoms with van der Waals surface area (Å²) in [4.78, 5) is 33.8. The molecule has 0 spiro atoms. The molecule has 0 unspecified atom stereocenters. The zero-order chi connectivity index (χ0) is 14.1. The smallest absolute Gasteiger partial charge is 0.277 e. The molecular formula is C14H24N2O3. The second-order valence-electron chi connectivity index (χ2n) is 5.12. The van der Waals surface area contributed by atoms with Crippen LogP contribution in [0.1, 0.15) is 64.7 Å². The van der Waals surface area contributed by atoms with E-state index in [0.717, 1.165) is 19.3 Å². The molecule has 0 aliphatic carbocycles. The molecule has 1 saturated heterocycles. The Morgan fingerprint density at radius 3 is 1.79 bits per heavy atom. The van der Waals surface area contributed by atoms with Crippen LogP contribution in [-0.2, 0) is 9.59 Å². The van der Waals surface area contributed by atoms with Crippen molar-refractivity contribution in [3.63, 3.8) is 0 Å². The highest BCUT2D eigenvalue weighted by Crippen LogP contribution is 2.15. The van der Waals surface area contributed by atoms with E-state index in [2.05, 4.69) is 17.6 Å². The molecule has 0 bridgehead atoms. The Hall–Kier alpha value is -1.39. The van der Waals surface area contributed by atoms with Crippen LogP contribution in [0.15, 0.2) is 0 Å². The molecule has 5 nitrogen and oxygen atoms in total. The van der Waals surface area contributed by atoms with Gasteiger partial charge in [0.05, 0.1) is 0 Å². The molecule has 1 fully saturated rings. The Morgan fingerprint density at radius 1 is 0.789 bits per heavy atom. The van der Waals surface area contributed by atoms with E-state index in [1.54, 1.807) is 0 Å². The maximum atomic E-state index is 11.5. The lowest BCUT2D eigenvalue weighted by Crippen LogP contribution is -2.55. The maximum absolute atomic E-state index is 11.5. The molecule has 0 aromatic rings. The van der Waals surface area contributed by atoms with Crippen LogP contribution in [0.2, 0.25) is 0 Å². The average Bonchev–Trinajstić information content (AvgIpc) is 2.35. The predicted molar refractivity (Wildman–Crippen MR) is 72.4 cm³/mol. The van der Waals surface area contributed by atoms with Crippen molar-refractivity contribution in [2.24, 2.45) is 5.92 Å². The average molecular weight is 268 g/mol. The first-order valence-electron chi connectivity index (χ1n) is 7.31. The standard InChI is InChI=1S/C14H24N2O3/c1-2-3-4-5-6-7-8-9-10-11-12(17)15-14(19)16-13(11)18/h11H,2-10H2,1H3,(H2,15,16,17,18,19). The summed E-state index contributed by atoms with van der Waals surface area (Å²) < 4.78 is 0. The second kappa shape index (κ2) is 8.67. The van der Waals surface area contributed by atoms with E-state index < -0.39 is 23.8 Å². The van der Waals surface area contributed by atoms with Crippen molar-refractivity contribution in [3.05, 3.63) is 0 Å². The Labute approximate surface area is 114 Å². The quantitative estimate of drug-likeness (QED) is 0.498. The minimum Gasteiger partial charge on any atom is -0.277 e. The number of carbonyl (C=O) groups excluding carboxylic acids is 3. The molecule has 5 heteroatoms. The van der Waals surface area contributed by atoms with Crippen LogP contribution in [0.3, 0.4) is 0 Å². The molecule has 2 N–H and O–H groups in total. The molecule has 1 aliphatic heterocycles. The van der Waals surface area contributed by atoms with E-state index in [9.17, 15) is 14.4 Å². The Kier molecular flexibility index (Phi) is 7.15.